The largest absolute Gasteiger partial charge is 0.573 e. The molecule has 2 fully saturated rings. The second kappa shape index (κ2) is 9.94. The number of ether oxygens (including phenoxy) is 1. The van der Waals surface area contributed by atoms with Crippen molar-refractivity contribution in [1.82, 2.24) is 0 Å². The Morgan fingerprint density at radius 2 is 1.55 bits per heavy atom. The van der Waals surface area contributed by atoms with E-state index in [1.54, 1.807) is 6.07 Å². The van der Waals surface area contributed by atoms with Crippen LogP contribution in [0, 0.1) is 23.6 Å². The fraction of sp³-hybridized carbons (Fsp3) is 0.652. The van der Waals surface area contributed by atoms with E-state index < -0.39 is 17.9 Å². The summed E-state index contributed by atoms with van der Waals surface area (Å²) in [5.74, 6) is 0.448. The summed E-state index contributed by atoms with van der Waals surface area (Å²) >= 11 is 0. The smallest absolute Gasteiger partial charge is 0.403 e. The van der Waals surface area contributed by atoms with Crippen molar-refractivity contribution in [2.75, 3.05) is 6.67 Å². The van der Waals surface area contributed by atoms with Gasteiger partial charge in [-0.3, -0.25) is 4.39 Å². The first-order valence-corrected chi connectivity index (χ1v) is 10.6. The second-order valence-electron chi connectivity index (χ2n) is 8.43. The van der Waals surface area contributed by atoms with E-state index in [1.807, 2.05) is 6.08 Å². The van der Waals surface area contributed by atoms with Gasteiger partial charge in [-0.2, -0.15) is 0 Å². The van der Waals surface area contributed by atoms with Gasteiger partial charge in [0.15, 0.2) is 11.6 Å². The third-order valence-corrected chi connectivity index (χ3v) is 6.59. The lowest BCUT2D eigenvalue weighted by atomic mass is 9.68. The summed E-state index contributed by atoms with van der Waals surface area (Å²) in [4.78, 5) is 0. The first-order valence-electron chi connectivity index (χ1n) is 10.6. The Morgan fingerprint density at radius 1 is 0.931 bits per heavy atom. The van der Waals surface area contributed by atoms with Crippen molar-refractivity contribution in [1.29, 1.82) is 0 Å². The van der Waals surface area contributed by atoms with Gasteiger partial charge in [0.25, 0.3) is 0 Å². The summed E-state index contributed by atoms with van der Waals surface area (Å²) < 4.78 is 66.8. The first kappa shape index (κ1) is 22.1. The van der Waals surface area contributed by atoms with E-state index in [0.717, 1.165) is 43.2 Å². The monoisotopic (exact) mass is 416 g/mol. The Kier molecular flexibility index (Phi) is 7.58. The first-order chi connectivity index (χ1) is 13.9. The lowest BCUT2D eigenvalue weighted by molar-refractivity contribution is -0.275. The number of alkyl halides is 4. The van der Waals surface area contributed by atoms with Gasteiger partial charge in [0, 0.05) is 0 Å². The van der Waals surface area contributed by atoms with Crippen LogP contribution in [-0.2, 0) is 0 Å². The Morgan fingerprint density at radius 3 is 2.10 bits per heavy atom. The molecule has 0 heterocycles. The highest BCUT2D eigenvalue weighted by Gasteiger charge is 2.33. The van der Waals surface area contributed by atoms with Crippen molar-refractivity contribution >= 4 is 0 Å². The zero-order valence-corrected chi connectivity index (χ0v) is 16.6. The van der Waals surface area contributed by atoms with Crippen molar-refractivity contribution in [2.45, 2.75) is 70.1 Å². The maximum absolute atomic E-state index is 14.0. The highest BCUT2D eigenvalue weighted by atomic mass is 19.4. The average molecular weight is 416 g/mol. The standard InChI is InChI=1S/C23H29F5O/c24-14-2-1-3-16-4-6-17(7-5-16)18-8-10-19(11-9-18)20-12-13-22(21(25)15-20)29-23(26,27)28/h1,3,12-13,15-19H,2,4-11,14H2. The zero-order valence-electron chi connectivity index (χ0n) is 16.6. The van der Waals surface area contributed by atoms with Gasteiger partial charge in [-0.05, 0) is 99.2 Å². The number of allylic oxidation sites excluding steroid dienone is 2. The van der Waals surface area contributed by atoms with Crippen LogP contribution in [0.3, 0.4) is 0 Å². The molecule has 0 saturated heterocycles. The van der Waals surface area contributed by atoms with Crippen LogP contribution in [0.25, 0.3) is 0 Å². The van der Waals surface area contributed by atoms with E-state index in [9.17, 15) is 22.0 Å². The van der Waals surface area contributed by atoms with E-state index in [4.69, 9.17) is 0 Å². The molecule has 0 radical (unpaired) electrons. The van der Waals surface area contributed by atoms with E-state index >= 15 is 0 Å². The summed E-state index contributed by atoms with van der Waals surface area (Å²) in [5.41, 5.74) is 0.761. The van der Waals surface area contributed by atoms with Crippen LogP contribution < -0.4 is 4.74 Å². The van der Waals surface area contributed by atoms with Gasteiger partial charge in [0.1, 0.15) is 0 Å². The number of halogens is 5. The van der Waals surface area contributed by atoms with Crippen molar-refractivity contribution in [3.05, 3.63) is 41.7 Å². The van der Waals surface area contributed by atoms with Gasteiger partial charge in [0.05, 0.1) is 6.67 Å². The molecule has 1 nitrogen and oxygen atoms in total. The molecule has 3 rings (SSSR count). The fourth-order valence-electron chi connectivity index (χ4n) is 5.06. The predicted octanol–water partition coefficient (Wildman–Crippen LogP) is 7.72. The molecule has 0 spiro atoms. The SMILES string of the molecule is FCCC=CC1CCC(C2CCC(c3ccc(OC(F)(F)F)c(F)c3)CC2)CC1. The quantitative estimate of drug-likeness (QED) is 0.341. The number of benzene rings is 1. The van der Waals surface area contributed by atoms with E-state index in [-0.39, 0.29) is 12.6 Å². The summed E-state index contributed by atoms with van der Waals surface area (Å²) in [6.45, 7) is -0.295. The minimum Gasteiger partial charge on any atom is -0.403 e. The maximum Gasteiger partial charge on any atom is 0.573 e. The molecule has 1 aromatic carbocycles. The van der Waals surface area contributed by atoms with Crippen LogP contribution in [0.2, 0.25) is 0 Å². The van der Waals surface area contributed by atoms with Gasteiger partial charge in [-0.15, -0.1) is 13.2 Å². The van der Waals surface area contributed by atoms with Gasteiger partial charge < -0.3 is 4.74 Å². The van der Waals surface area contributed by atoms with Crippen molar-refractivity contribution in [3.63, 3.8) is 0 Å². The molecule has 0 unspecified atom stereocenters. The zero-order chi connectivity index (χ0) is 20.9. The lowest BCUT2D eigenvalue weighted by Gasteiger charge is -2.37. The summed E-state index contributed by atoms with van der Waals surface area (Å²) in [6, 6.07) is 3.84. The summed E-state index contributed by atoms with van der Waals surface area (Å²) in [6.07, 6.45) is 8.55. The molecule has 0 N–H and O–H groups in total. The minimum absolute atomic E-state index is 0.195. The van der Waals surface area contributed by atoms with E-state index in [0.29, 0.717) is 18.3 Å². The molecule has 2 aliphatic carbocycles. The van der Waals surface area contributed by atoms with Crippen LogP contribution in [-0.4, -0.2) is 13.0 Å². The predicted molar refractivity (Wildman–Crippen MR) is 103 cm³/mol. The molecule has 29 heavy (non-hydrogen) atoms. The van der Waals surface area contributed by atoms with Crippen LogP contribution in [0.15, 0.2) is 30.4 Å². The molecule has 162 valence electrons. The molecule has 0 bridgehead atoms. The topological polar surface area (TPSA) is 9.23 Å². The van der Waals surface area contributed by atoms with Crippen LogP contribution >= 0.6 is 0 Å². The molecule has 1 aromatic rings. The Balaban J connectivity index is 1.48. The van der Waals surface area contributed by atoms with Gasteiger partial charge in [-0.1, -0.05) is 18.2 Å². The van der Waals surface area contributed by atoms with Crippen molar-refractivity contribution in [2.24, 2.45) is 17.8 Å². The Bertz CT molecular complexity index is 668. The minimum atomic E-state index is -4.89. The van der Waals surface area contributed by atoms with Crippen LogP contribution in [0.5, 0.6) is 5.75 Å². The van der Waals surface area contributed by atoms with Crippen LogP contribution in [0.1, 0.15) is 69.3 Å². The normalized spacial score (nSPS) is 28.6. The third kappa shape index (κ3) is 6.45. The molecule has 2 aliphatic rings. The van der Waals surface area contributed by atoms with E-state index in [1.165, 1.54) is 31.7 Å². The molecule has 2 saturated carbocycles. The summed E-state index contributed by atoms with van der Waals surface area (Å²) in [7, 11) is 0. The molecule has 0 amide bonds. The van der Waals surface area contributed by atoms with E-state index in [2.05, 4.69) is 10.8 Å². The molecule has 0 aliphatic heterocycles. The third-order valence-electron chi connectivity index (χ3n) is 6.59. The van der Waals surface area contributed by atoms with Crippen LogP contribution in [0.4, 0.5) is 22.0 Å². The second-order valence-corrected chi connectivity index (χ2v) is 8.43. The number of hydrogen-bond donors (Lipinski definition) is 0. The molecule has 0 atom stereocenters. The molecular formula is C23H29F5O. The summed E-state index contributed by atoms with van der Waals surface area (Å²) in [5, 5.41) is 0. The van der Waals surface area contributed by atoms with Gasteiger partial charge >= 0.3 is 6.36 Å². The fourth-order valence-corrected chi connectivity index (χ4v) is 5.06. The average Bonchev–Trinajstić information content (AvgIpc) is 2.69. The number of rotatable bonds is 6. The Hall–Kier alpha value is -1.59. The molecule has 0 aromatic heterocycles. The van der Waals surface area contributed by atoms with Crippen molar-refractivity contribution in [3.8, 4) is 5.75 Å². The van der Waals surface area contributed by atoms with Gasteiger partial charge in [-0.25, -0.2) is 4.39 Å². The highest BCUT2D eigenvalue weighted by Crippen LogP contribution is 2.44. The lowest BCUT2D eigenvalue weighted by Crippen LogP contribution is -2.25. The maximum atomic E-state index is 14.0. The Labute approximate surface area is 169 Å². The van der Waals surface area contributed by atoms with Gasteiger partial charge in [0.2, 0.25) is 0 Å². The highest BCUT2D eigenvalue weighted by molar-refractivity contribution is 5.31. The van der Waals surface area contributed by atoms with Crippen molar-refractivity contribution < 1.29 is 26.7 Å². The molecule has 6 heteroatoms. The molecular weight excluding hydrogens is 387 g/mol. The number of hydrogen-bond acceptors (Lipinski definition) is 1.